The SMILES string of the molecule is Cc1ccccc1CNCc1ccc(CSC(F)F)o1. The first-order valence-electron chi connectivity index (χ1n) is 6.37. The van der Waals surface area contributed by atoms with E-state index in [-0.39, 0.29) is 5.75 Å². The fourth-order valence-electron chi connectivity index (χ4n) is 1.87. The first-order valence-corrected chi connectivity index (χ1v) is 7.42. The highest BCUT2D eigenvalue weighted by molar-refractivity contribution is 7.98. The Morgan fingerprint density at radius 2 is 1.85 bits per heavy atom. The Balaban J connectivity index is 1.78. The van der Waals surface area contributed by atoms with Gasteiger partial charge in [-0.05, 0) is 30.2 Å². The average Bonchev–Trinajstić information content (AvgIpc) is 2.87. The van der Waals surface area contributed by atoms with Gasteiger partial charge in [0.25, 0.3) is 5.76 Å². The highest BCUT2D eigenvalue weighted by atomic mass is 32.2. The molecule has 0 saturated heterocycles. The molecule has 20 heavy (non-hydrogen) atoms. The first-order chi connectivity index (χ1) is 9.65. The molecule has 1 aromatic carbocycles. The minimum atomic E-state index is -2.36. The predicted octanol–water partition coefficient (Wildman–Crippen LogP) is 4.33. The lowest BCUT2D eigenvalue weighted by Crippen LogP contribution is -2.12. The Kier molecular flexibility index (Phi) is 5.61. The molecule has 0 bridgehead atoms. The van der Waals surface area contributed by atoms with E-state index in [1.54, 1.807) is 6.07 Å². The van der Waals surface area contributed by atoms with Gasteiger partial charge in [0, 0.05) is 6.54 Å². The number of alkyl halides is 2. The Morgan fingerprint density at radius 3 is 2.60 bits per heavy atom. The molecule has 0 aliphatic rings. The molecule has 1 heterocycles. The minimum Gasteiger partial charge on any atom is -0.464 e. The van der Waals surface area contributed by atoms with Gasteiger partial charge >= 0.3 is 0 Å². The molecule has 1 N–H and O–H groups in total. The van der Waals surface area contributed by atoms with Gasteiger partial charge in [0.1, 0.15) is 11.5 Å². The maximum absolute atomic E-state index is 12.1. The molecule has 0 aliphatic heterocycles. The summed E-state index contributed by atoms with van der Waals surface area (Å²) < 4.78 is 29.6. The van der Waals surface area contributed by atoms with E-state index in [0.29, 0.717) is 24.1 Å². The summed E-state index contributed by atoms with van der Waals surface area (Å²) in [5.74, 6) is -0.802. The summed E-state index contributed by atoms with van der Waals surface area (Å²) in [4.78, 5) is 0. The van der Waals surface area contributed by atoms with Crippen LogP contribution in [0.5, 0.6) is 0 Å². The molecular weight excluding hydrogens is 280 g/mol. The van der Waals surface area contributed by atoms with Crippen molar-refractivity contribution in [2.75, 3.05) is 0 Å². The van der Waals surface area contributed by atoms with Gasteiger partial charge in [-0.3, -0.25) is 0 Å². The molecule has 0 aliphatic carbocycles. The molecule has 0 saturated carbocycles. The van der Waals surface area contributed by atoms with Gasteiger partial charge in [-0.2, -0.15) is 8.78 Å². The van der Waals surface area contributed by atoms with Crippen LogP contribution >= 0.6 is 11.8 Å². The second-order valence-electron chi connectivity index (χ2n) is 4.47. The Hall–Kier alpha value is -1.33. The van der Waals surface area contributed by atoms with Gasteiger partial charge in [0.15, 0.2) is 0 Å². The smallest absolute Gasteiger partial charge is 0.284 e. The van der Waals surface area contributed by atoms with Gasteiger partial charge < -0.3 is 9.73 Å². The van der Waals surface area contributed by atoms with Crippen LogP contribution in [0, 0.1) is 6.92 Å². The zero-order valence-corrected chi connectivity index (χ0v) is 12.1. The summed E-state index contributed by atoms with van der Waals surface area (Å²) in [5.41, 5.74) is 2.49. The van der Waals surface area contributed by atoms with E-state index in [9.17, 15) is 8.78 Å². The molecule has 1 aromatic heterocycles. The minimum absolute atomic E-state index is 0.204. The summed E-state index contributed by atoms with van der Waals surface area (Å²) in [6.07, 6.45) is 0. The van der Waals surface area contributed by atoms with Crippen molar-refractivity contribution in [2.45, 2.75) is 31.5 Å². The lowest BCUT2D eigenvalue weighted by Gasteiger charge is -2.06. The number of nitrogens with one attached hydrogen (secondary N) is 1. The molecule has 0 spiro atoms. The Labute approximate surface area is 121 Å². The largest absolute Gasteiger partial charge is 0.464 e. The number of thioether (sulfide) groups is 1. The van der Waals surface area contributed by atoms with Crippen molar-refractivity contribution in [3.05, 3.63) is 59.0 Å². The monoisotopic (exact) mass is 297 g/mol. The lowest BCUT2D eigenvalue weighted by atomic mass is 10.1. The van der Waals surface area contributed by atoms with Crippen LogP contribution in [-0.4, -0.2) is 5.76 Å². The van der Waals surface area contributed by atoms with Crippen molar-refractivity contribution >= 4 is 11.8 Å². The van der Waals surface area contributed by atoms with E-state index >= 15 is 0 Å². The van der Waals surface area contributed by atoms with Gasteiger partial charge in [0.2, 0.25) is 0 Å². The highest BCUT2D eigenvalue weighted by Gasteiger charge is 2.07. The average molecular weight is 297 g/mol. The highest BCUT2D eigenvalue weighted by Crippen LogP contribution is 2.21. The Morgan fingerprint density at radius 1 is 1.10 bits per heavy atom. The summed E-state index contributed by atoms with van der Waals surface area (Å²) in [6.45, 7) is 3.42. The number of aryl methyl sites for hydroxylation is 1. The normalized spacial score (nSPS) is 11.2. The fraction of sp³-hybridized carbons (Fsp3) is 0.333. The second kappa shape index (κ2) is 7.45. The number of benzene rings is 1. The maximum Gasteiger partial charge on any atom is 0.284 e. The molecule has 2 aromatic rings. The van der Waals surface area contributed by atoms with Crippen molar-refractivity contribution in [1.29, 1.82) is 0 Å². The van der Waals surface area contributed by atoms with Crippen LogP contribution < -0.4 is 5.32 Å². The summed E-state index contributed by atoms with van der Waals surface area (Å²) in [6, 6.07) is 11.8. The van der Waals surface area contributed by atoms with Crippen LogP contribution in [0.4, 0.5) is 8.78 Å². The molecular formula is C15H17F2NOS. The van der Waals surface area contributed by atoms with Crippen LogP contribution in [0.25, 0.3) is 0 Å². The first kappa shape index (κ1) is 15.1. The van der Waals surface area contributed by atoms with Crippen LogP contribution in [0.2, 0.25) is 0 Å². The van der Waals surface area contributed by atoms with Gasteiger partial charge in [-0.1, -0.05) is 36.0 Å². The van der Waals surface area contributed by atoms with Crippen LogP contribution in [-0.2, 0) is 18.8 Å². The molecule has 108 valence electrons. The topological polar surface area (TPSA) is 25.2 Å². The van der Waals surface area contributed by atoms with E-state index in [4.69, 9.17) is 4.42 Å². The summed E-state index contributed by atoms with van der Waals surface area (Å²) in [7, 11) is 0. The summed E-state index contributed by atoms with van der Waals surface area (Å²) in [5, 5.41) is 3.29. The van der Waals surface area contributed by atoms with Gasteiger partial charge in [-0.15, -0.1) is 0 Å². The van der Waals surface area contributed by atoms with Crippen LogP contribution in [0.1, 0.15) is 22.6 Å². The number of furan rings is 1. The van der Waals surface area contributed by atoms with Gasteiger partial charge in [0.05, 0.1) is 12.3 Å². The van der Waals surface area contributed by atoms with Crippen molar-refractivity contribution < 1.29 is 13.2 Å². The molecule has 0 amide bonds. The molecule has 2 nitrogen and oxygen atoms in total. The predicted molar refractivity (Wildman–Crippen MR) is 77.7 cm³/mol. The molecule has 0 radical (unpaired) electrons. The number of halogens is 2. The van der Waals surface area contributed by atoms with E-state index in [2.05, 4.69) is 24.4 Å². The van der Waals surface area contributed by atoms with Crippen molar-refractivity contribution in [2.24, 2.45) is 0 Å². The van der Waals surface area contributed by atoms with Gasteiger partial charge in [-0.25, -0.2) is 0 Å². The third-order valence-electron chi connectivity index (χ3n) is 2.94. The van der Waals surface area contributed by atoms with E-state index in [1.807, 2.05) is 18.2 Å². The molecule has 0 unspecified atom stereocenters. The Bertz CT molecular complexity index is 542. The third-order valence-corrected chi connectivity index (χ3v) is 3.65. The number of rotatable bonds is 7. The lowest BCUT2D eigenvalue weighted by molar-refractivity contribution is 0.251. The summed E-state index contributed by atoms with van der Waals surface area (Å²) >= 11 is 0.573. The molecule has 5 heteroatoms. The maximum atomic E-state index is 12.1. The molecule has 0 atom stereocenters. The van der Waals surface area contributed by atoms with E-state index in [0.717, 1.165) is 12.3 Å². The van der Waals surface area contributed by atoms with Crippen molar-refractivity contribution in [3.63, 3.8) is 0 Å². The standard InChI is InChI=1S/C15H17F2NOS/c1-11-4-2-3-5-12(11)8-18-9-13-6-7-14(19-13)10-20-15(16)17/h2-7,15,18H,8-10H2,1H3. The molecule has 0 fully saturated rings. The fourth-order valence-corrected chi connectivity index (χ4v) is 2.31. The number of hydrogen-bond donors (Lipinski definition) is 1. The zero-order chi connectivity index (χ0) is 14.4. The molecule has 2 rings (SSSR count). The van der Waals surface area contributed by atoms with Crippen molar-refractivity contribution in [3.8, 4) is 0 Å². The zero-order valence-electron chi connectivity index (χ0n) is 11.2. The van der Waals surface area contributed by atoms with Crippen molar-refractivity contribution in [1.82, 2.24) is 5.32 Å². The third kappa shape index (κ3) is 4.65. The van der Waals surface area contributed by atoms with Crippen LogP contribution in [0.3, 0.4) is 0 Å². The van der Waals surface area contributed by atoms with E-state index < -0.39 is 5.76 Å². The van der Waals surface area contributed by atoms with E-state index in [1.165, 1.54) is 11.1 Å². The second-order valence-corrected chi connectivity index (χ2v) is 5.45. The van der Waals surface area contributed by atoms with Crippen LogP contribution in [0.15, 0.2) is 40.8 Å². The quantitative estimate of drug-likeness (QED) is 0.823. The number of hydrogen-bond acceptors (Lipinski definition) is 3.